The van der Waals surface area contributed by atoms with Gasteiger partial charge in [-0.05, 0) is 74.6 Å². The second-order valence-corrected chi connectivity index (χ2v) is 23.2. The normalized spacial score (nSPS) is 22.4. The van der Waals surface area contributed by atoms with Crippen LogP contribution in [0.2, 0.25) is 0 Å². The van der Waals surface area contributed by atoms with Crippen LogP contribution in [0.1, 0.15) is 94.6 Å². The van der Waals surface area contributed by atoms with Crippen LogP contribution in [0.15, 0.2) is 60.7 Å². The molecule has 0 aliphatic carbocycles. The number of carbonyl (C=O) groups is 12. The van der Waals surface area contributed by atoms with E-state index in [4.69, 9.17) is 18.9 Å². The van der Waals surface area contributed by atoms with Crippen molar-refractivity contribution in [1.82, 2.24) is 60.6 Å². The van der Waals surface area contributed by atoms with Crippen molar-refractivity contribution in [1.29, 1.82) is 0 Å². The van der Waals surface area contributed by atoms with Gasteiger partial charge in [0, 0.05) is 52.1 Å². The van der Waals surface area contributed by atoms with Gasteiger partial charge in [-0.3, -0.25) is 47.9 Å². The first-order chi connectivity index (χ1) is 42.8. The maximum atomic E-state index is 14.9. The van der Waals surface area contributed by atoms with Gasteiger partial charge in [-0.15, -0.1) is 0 Å². The van der Waals surface area contributed by atoms with Gasteiger partial charge in [0.2, 0.25) is 47.3 Å². The molecule has 3 aliphatic rings. The number of nitrogens with zero attached hydrogens (tertiary/aromatic N) is 8. The molecule has 3 fully saturated rings. The highest BCUT2D eigenvalue weighted by molar-refractivity contribution is 6.03. The number of carbonyl (C=O) groups excluding carboxylic acids is 12. The van der Waals surface area contributed by atoms with Crippen LogP contribution in [0.4, 0.5) is 0 Å². The van der Waals surface area contributed by atoms with Gasteiger partial charge in [-0.2, -0.15) is 0 Å². The lowest BCUT2D eigenvalue weighted by Crippen LogP contribution is -2.59. The van der Waals surface area contributed by atoms with Crippen LogP contribution >= 0.6 is 0 Å². The topological polar surface area (TPSA) is 335 Å². The van der Waals surface area contributed by atoms with Crippen molar-refractivity contribution in [2.45, 2.75) is 110 Å². The minimum absolute atomic E-state index is 0. The molecular formula is C63H84N12O16. The van der Waals surface area contributed by atoms with Crippen LogP contribution < -0.4 is 30.7 Å². The SMILES string of the molecule is C.COc1cc2ccccc2nc1C(=O)NC1COC(=O)[C@H](C(C)C)N(C)C(=O)CN(C)C(=O)CNC(=O)[C@@H]2CCCCN2C(=O)C(NC(=O)c2nc3ccccc3cc2OC)COC(=O)[C@H](C(C)C)N(C)C(=O)CN(C)C(=O)CNC(=O)[C@@H]2CCCCN2C1=O. The Labute approximate surface area is 528 Å². The Hall–Kier alpha value is -9.50. The summed E-state index contributed by atoms with van der Waals surface area (Å²) in [5.41, 5.74) is 0.426. The van der Waals surface area contributed by atoms with E-state index >= 15 is 0 Å². The number of likely N-dealkylation sites (N-methyl/N-ethyl adjacent to an activating group) is 4. The predicted octanol–water partition coefficient (Wildman–Crippen LogP) is 1.31. The number of pyridine rings is 2. The quantitative estimate of drug-likeness (QED) is 0.181. The summed E-state index contributed by atoms with van der Waals surface area (Å²) in [4.78, 5) is 186. The van der Waals surface area contributed by atoms with Crippen molar-refractivity contribution in [3.63, 3.8) is 0 Å². The average Bonchev–Trinajstić information content (AvgIpc) is 2.39. The van der Waals surface area contributed by atoms with E-state index in [1.165, 1.54) is 52.2 Å². The van der Waals surface area contributed by atoms with E-state index in [0.717, 1.165) is 19.6 Å². The number of aromatic nitrogens is 2. The first-order valence-electron chi connectivity index (χ1n) is 29.8. The number of ether oxygens (including phenoxy) is 4. The van der Waals surface area contributed by atoms with Gasteiger partial charge < -0.3 is 69.6 Å². The number of piperidine rings is 2. The van der Waals surface area contributed by atoms with Crippen molar-refractivity contribution in [2.24, 2.45) is 11.8 Å². The second-order valence-electron chi connectivity index (χ2n) is 23.2. The molecule has 4 aromatic rings. The highest BCUT2D eigenvalue weighted by atomic mass is 16.5. The molecule has 0 radical (unpaired) electrons. The number of hydrogen-bond acceptors (Lipinski definition) is 18. The molecule has 0 spiro atoms. The maximum absolute atomic E-state index is 14.9. The maximum Gasteiger partial charge on any atom is 0.329 e. The van der Waals surface area contributed by atoms with Crippen LogP contribution in [0.3, 0.4) is 0 Å². The number of amides is 10. The Bertz CT molecular complexity index is 3180. The molecule has 28 nitrogen and oxygen atoms in total. The van der Waals surface area contributed by atoms with Crippen LogP contribution in [-0.4, -0.2) is 242 Å². The zero-order chi connectivity index (χ0) is 65.7. The number of para-hydroxylation sites is 2. The lowest BCUT2D eigenvalue weighted by molar-refractivity contribution is -0.159. The van der Waals surface area contributed by atoms with Crippen molar-refractivity contribution in [2.75, 3.05) is 94.9 Å². The molecule has 2 aromatic carbocycles. The standard InChI is InChI=1S/C62H80N12O16.CH4/c1-35(2)53-61(85)89-33-41(67-57(81)51-45(87-9)27-37-19-11-13-21-39(37)65-51)59(83)73-25-17-15-23-43(73)55(79)64-30-48(76)70(6)32-50(78)72(8)54(36(3)4)62(86)90-34-42(68-58(82)52-46(88-10)28-38-20-12-14-22-40(38)66-52)60(84)74-26-18-16-24-44(74)56(80)63-29-47(75)69(5)31-49(77)71(53)7;/h11-14,19-22,27-28,35-36,41-44,53-54H,15-18,23-26,29-34H2,1-10H3,(H,63,80)(H,64,79)(H,67,81)(H,68,82);1H4/t41?,42?,43-,44-,53-,54-;/m0./s1. The highest BCUT2D eigenvalue weighted by Gasteiger charge is 2.42. The Morgan fingerprint density at radius 2 is 0.912 bits per heavy atom. The third-order valence-corrected chi connectivity index (χ3v) is 16.2. The summed E-state index contributed by atoms with van der Waals surface area (Å²) in [7, 11) is 7.92. The van der Waals surface area contributed by atoms with Crippen molar-refractivity contribution >= 4 is 92.8 Å². The number of hydrogen-bond donors (Lipinski definition) is 4. The number of benzene rings is 2. The zero-order valence-corrected chi connectivity index (χ0v) is 52.4. The second kappa shape index (κ2) is 31.8. The zero-order valence-electron chi connectivity index (χ0n) is 52.4. The van der Waals surface area contributed by atoms with Crippen molar-refractivity contribution in [3.05, 3.63) is 72.1 Å². The summed E-state index contributed by atoms with van der Waals surface area (Å²) in [5.74, 6) is -11.0. The van der Waals surface area contributed by atoms with Gasteiger partial charge in [0.1, 0.15) is 49.5 Å². The molecule has 91 heavy (non-hydrogen) atoms. The van der Waals surface area contributed by atoms with E-state index in [9.17, 15) is 57.5 Å². The lowest BCUT2D eigenvalue weighted by Gasteiger charge is -2.37. The molecule has 7 rings (SSSR count). The molecule has 5 heterocycles. The predicted molar refractivity (Wildman–Crippen MR) is 331 cm³/mol. The first-order valence-corrected chi connectivity index (χ1v) is 29.8. The number of nitrogens with one attached hydrogen (secondary N) is 4. The average molecular weight is 1270 g/mol. The van der Waals surface area contributed by atoms with Gasteiger partial charge in [0.15, 0.2) is 22.9 Å². The fourth-order valence-corrected chi connectivity index (χ4v) is 11.2. The molecule has 3 aliphatic heterocycles. The molecule has 3 saturated heterocycles. The summed E-state index contributed by atoms with van der Waals surface area (Å²) < 4.78 is 22.7. The van der Waals surface area contributed by atoms with Crippen molar-refractivity contribution < 1.29 is 76.5 Å². The summed E-state index contributed by atoms with van der Waals surface area (Å²) in [6.45, 7) is 2.50. The molecule has 0 bridgehead atoms. The summed E-state index contributed by atoms with van der Waals surface area (Å²) >= 11 is 0. The van der Waals surface area contributed by atoms with Crippen LogP contribution in [-0.2, 0) is 57.4 Å². The Morgan fingerprint density at radius 1 is 0.549 bits per heavy atom. The number of fused-ring (bicyclic) bond motifs is 4. The van der Waals surface area contributed by atoms with E-state index in [-0.39, 0.29) is 56.2 Å². The molecule has 0 saturated carbocycles. The van der Waals surface area contributed by atoms with E-state index in [2.05, 4.69) is 31.2 Å². The molecule has 2 unspecified atom stereocenters. The summed E-state index contributed by atoms with van der Waals surface area (Å²) in [5, 5.41) is 11.7. The Kier molecular flexibility index (Phi) is 24.7. The van der Waals surface area contributed by atoms with E-state index in [0.29, 0.717) is 47.5 Å². The van der Waals surface area contributed by atoms with Gasteiger partial charge >= 0.3 is 11.9 Å². The highest BCUT2D eigenvalue weighted by Crippen LogP contribution is 2.27. The third kappa shape index (κ3) is 17.1. The Balaban J connectivity index is 0.0000132. The molecule has 4 N–H and O–H groups in total. The molecule has 2 aromatic heterocycles. The largest absolute Gasteiger partial charge is 0.494 e. The number of rotatable bonds is 8. The Morgan fingerprint density at radius 3 is 1.26 bits per heavy atom. The molecule has 10 amide bonds. The minimum Gasteiger partial charge on any atom is -0.494 e. The summed E-state index contributed by atoms with van der Waals surface area (Å²) in [6.07, 6.45) is 2.07. The van der Waals surface area contributed by atoms with Gasteiger partial charge in [0.05, 0.1) is 51.4 Å². The van der Waals surface area contributed by atoms with Crippen LogP contribution in [0.5, 0.6) is 11.5 Å². The van der Waals surface area contributed by atoms with E-state index in [1.807, 2.05) is 0 Å². The fourth-order valence-electron chi connectivity index (χ4n) is 11.2. The molecule has 492 valence electrons. The van der Waals surface area contributed by atoms with E-state index < -0.39 is 158 Å². The number of esters is 2. The van der Waals surface area contributed by atoms with Gasteiger partial charge in [-0.25, -0.2) is 19.6 Å². The minimum atomic E-state index is -1.67. The number of cyclic esters (lactones) is 2. The van der Waals surface area contributed by atoms with Crippen LogP contribution in [0, 0.1) is 11.8 Å². The first kappa shape index (κ1) is 70.6. The summed E-state index contributed by atoms with van der Waals surface area (Å²) in [6, 6.07) is 8.65. The van der Waals surface area contributed by atoms with E-state index in [1.54, 1.807) is 88.4 Å². The monoisotopic (exact) mass is 1260 g/mol. The molecule has 28 heteroatoms. The van der Waals surface area contributed by atoms with Gasteiger partial charge in [0.25, 0.3) is 11.8 Å². The lowest BCUT2D eigenvalue weighted by atomic mass is 10.00. The van der Waals surface area contributed by atoms with Gasteiger partial charge in [-0.1, -0.05) is 71.5 Å². The van der Waals surface area contributed by atoms with Crippen molar-refractivity contribution in [3.8, 4) is 11.5 Å². The molecular weight excluding hydrogens is 1180 g/mol. The molecule has 6 atom stereocenters. The number of methoxy groups -OCH3 is 2. The third-order valence-electron chi connectivity index (χ3n) is 16.2. The van der Waals surface area contributed by atoms with Crippen LogP contribution in [0.25, 0.3) is 21.8 Å². The fraction of sp³-hybridized carbons (Fsp3) is 0.524. The smallest absolute Gasteiger partial charge is 0.329 e.